The lowest BCUT2D eigenvalue weighted by Crippen LogP contribution is -2.14. The Morgan fingerprint density at radius 2 is 2.38 bits per heavy atom. The number of carbonyl (C=O) groups is 1. The van der Waals surface area contributed by atoms with Crippen LogP contribution in [-0.2, 0) is 9.53 Å². The SMILES string of the molecule is CCOC(=O)[C@@H](C)c1noc(C)n1. The summed E-state index contributed by atoms with van der Waals surface area (Å²) in [6.45, 7) is 5.47. The Labute approximate surface area is 76.1 Å². The van der Waals surface area contributed by atoms with E-state index in [0.29, 0.717) is 18.3 Å². The van der Waals surface area contributed by atoms with Gasteiger partial charge in [0.2, 0.25) is 5.89 Å². The summed E-state index contributed by atoms with van der Waals surface area (Å²) in [6.07, 6.45) is 0. The van der Waals surface area contributed by atoms with Crippen LogP contribution in [0.25, 0.3) is 0 Å². The minimum absolute atomic E-state index is 0.330. The number of aryl methyl sites for hydroxylation is 1. The second kappa shape index (κ2) is 4.02. The summed E-state index contributed by atoms with van der Waals surface area (Å²) in [7, 11) is 0. The third-order valence-corrected chi connectivity index (χ3v) is 1.57. The molecule has 0 aromatic carbocycles. The van der Waals surface area contributed by atoms with Crippen molar-refractivity contribution in [3.63, 3.8) is 0 Å². The Morgan fingerprint density at radius 1 is 1.69 bits per heavy atom. The standard InChI is InChI=1S/C8H12N2O3/c1-4-12-8(11)5(2)7-9-6(3)13-10-7/h5H,4H2,1-3H3/t5-/m0/s1. The van der Waals surface area contributed by atoms with Crippen LogP contribution < -0.4 is 0 Å². The molecule has 0 saturated heterocycles. The van der Waals surface area contributed by atoms with Gasteiger partial charge < -0.3 is 9.26 Å². The molecule has 72 valence electrons. The molecule has 5 nitrogen and oxygen atoms in total. The second-order valence-corrected chi connectivity index (χ2v) is 2.65. The molecule has 0 aliphatic heterocycles. The minimum atomic E-state index is -0.461. The van der Waals surface area contributed by atoms with E-state index in [1.807, 2.05) is 0 Å². The van der Waals surface area contributed by atoms with Gasteiger partial charge in [0.25, 0.3) is 0 Å². The van der Waals surface area contributed by atoms with Crippen LogP contribution >= 0.6 is 0 Å². The number of esters is 1. The highest BCUT2D eigenvalue weighted by molar-refractivity contribution is 5.76. The lowest BCUT2D eigenvalue weighted by atomic mass is 10.2. The molecule has 0 unspecified atom stereocenters. The maximum atomic E-state index is 11.2. The molecule has 0 aliphatic rings. The smallest absolute Gasteiger partial charge is 0.316 e. The van der Waals surface area contributed by atoms with E-state index in [1.165, 1.54) is 0 Å². The van der Waals surface area contributed by atoms with E-state index in [1.54, 1.807) is 20.8 Å². The molecule has 1 rings (SSSR count). The van der Waals surface area contributed by atoms with Crippen LogP contribution in [-0.4, -0.2) is 22.7 Å². The zero-order valence-electron chi connectivity index (χ0n) is 7.90. The minimum Gasteiger partial charge on any atom is -0.465 e. The number of hydrogen-bond acceptors (Lipinski definition) is 5. The van der Waals surface area contributed by atoms with Gasteiger partial charge in [-0.05, 0) is 13.8 Å². The monoisotopic (exact) mass is 184 g/mol. The number of ether oxygens (including phenoxy) is 1. The van der Waals surface area contributed by atoms with Gasteiger partial charge >= 0.3 is 5.97 Å². The molecule has 0 bridgehead atoms. The maximum absolute atomic E-state index is 11.2. The Balaban J connectivity index is 2.67. The summed E-state index contributed by atoms with van der Waals surface area (Å²) < 4.78 is 9.55. The van der Waals surface area contributed by atoms with E-state index >= 15 is 0 Å². The Morgan fingerprint density at radius 3 is 2.85 bits per heavy atom. The Kier molecular flexibility index (Phi) is 3.00. The van der Waals surface area contributed by atoms with E-state index in [9.17, 15) is 4.79 Å². The summed E-state index contributed by atoms with van der Waals surface area (Å²) in [5, 5.41) is 3.63. The molecule has 0 radical (unpaired) electrons. The van der Waals surface area contributed by atoms with Crippen molar-refractivity contribution in [3.8, 4) is 0 Å². The molecule has 13 heavy (non-hydrogen) atoms. The largest absolute Gasteiger partial charge is 0.465 e. The number of rotatable bonds is 3. The van der Waals surface area contributed by atoms with E-state index in [-0.39, 0.29) is 5.97 Å². The zero-order valence-corrected chi connectivity index (χ0v) is 7.90. The van der Waals surface area contributed by atoms with Crippen molar-refractivity contribution in [2.75, 3.05) is 6.61 Å². The van der Waals surface area contributed by atoms with Gasteiger partial charge in [-0.25, -0.2) is 0 Å². The normalized spacial score (nSPS) is 12.5. The maximum Gasteiger partial charge on any atom is 0.316 e. The van der Waals surface area contributed by atoms with Crippen molar-refractivity contribution in [3.05, 3.63) is 11.7 Å². The second-order valence-electron chi connectivity index (χ2n) is 2.65. The first-order valence-corrected chi connectivity index (χ1v) is 4.12. The lowest BCUT2D eigenvalue weighted by molar-refractivity contribution is -0.144. The first kappa shape index (κ1) is 9.70. The summed E-state index contributed by atoms with van der Waals surface area (Å²) in [4.78, 5) is 15.1. The summed E-state index contributed by atoms with van der Waals surface area (Å²) in [6, 6.07) is 0. The third kappa shape index (κ3) is 2.27. The Bertz CT molecular complexity index is 295. The van der Waals surface area contributed by atoms with Crippen LogP contribution in [0.1, 0.15) is 31.5 Å². The molecular weight excluding hydrogens is 172 g/mol. The van der Waals surface area contributed by atoms with Gasteiger partial charge in [-0.2, -0.15) is 4.98 Å². The van der Waals surface area contributed by atoms with Crippen LogP contribution in [0.2, 0.25) is 0 Å². The van der Waals surface area contributed by atoms with Crippen molar-refractivity contribution in [1.82, 2.24) is 10.1 Å². The molecule has 1 atom stereocenters. The quantitative estimate of drug-likeness (QED) is 0.657. The molecule has 1 heterocycles. The number of carbonyl (C=O) groups excluding carboxylic acids is 1. The fourth-order valence-electron chi connectivity index (χ4n) is 0.864. The van der Waals surface area contributed by atoms with Crippen LogP contribution in [0.15, 0.2) is 4.52 Å². The first-order chi connectivity index (χ1) is 6.15. The highest BCUT2D eigenvalue weighted by atomic mass is 16.5. The zero-order chi connectivity index (χ0) is 9.84. The number of nitrogens with zero attached hydrogens (tertiary/aromatic N) is 2. The van der Waals surface area contributed by atoms with Gasteiger partial charge in [-0.1, -0.05) is 5.16 Å². The Hall–Kier alpha value is -1.39. The highest BCUT2D eigenvalue weighted by Crippen LogP contribution is 2.12. The third-order valence-electron chi connectivity index (χ3n) is 1.57. The lowest BCUT2D eigenvalue weighted by Gasteiger charge is -2.04. The fraction of sp³-hybridized carbons (Fsp3) is 0.625. The van der Waals surface area contributed by atoms with Crippen molar-refractivity contribution in [1.29, 1.82) is 0 Å². The van der Waals surface area contributed by atoms with Crippen molar-refractivity contribution < 1.29 is 14.1 Å². The number of hydrogen-bond donors (Lipinski definition) is 0. The fourth-order valence-corrected chi connectivity index (χ4v) is 0.864. The van der Waals surface area contributed by atoms with Crippen LogP contribution in [0.5, 0.6) is 0 Å². The van der Waals surface area contributed by atoms with Crippen molar-refractivity contribution >= 4 is 5.97 Å². The molecule has 0 aliphatic carbocycles. The average molecular weight is 184 g/mol. The highest BCUT2D eigenvalue weighted by Gasteiger charge is 2.21. The molecule has 0 amide bonds. The van der Waals surface area contributed by atoms with Crippen LogP contribution in [0.3, 0.4) is 0 Å². The number of aromatic nitrogens is 2. The average Bonchev–Trinajstić information content (AvgIpc) is 2.51. The van der Waals surface area contributed by atoms with E-state index in [4.69, 9.17) is 9.26 Å². The summed E-state index contributed by atoms with van der Waals surface area (Å²) in [5.74, 6) is 0.0304. The van der Waals surface area contributed by atoms with Crippen LogP contribution in [0.4, 0.5) is 0 Å². The van der Waals surface area contributed by atoms with Gasteiger partial charge in [0.05, 0.1) is 6.61 Å². The predicted octanol–water partition coefficient (Wildman–Crippen LogP) is 1.04. The van der Waals surface area contributed by atoms with Crippen molar-refractivity contribution in [2.45, 2.75) is 26.7 Å². The van der Waals surface area contributed by atoms with Crippen molar-refractivity contribution in [2.24, 2.45) is 0 Å². The van der Waals surface area contributed by atoms with Gasteiger partial charge in [-0.3, -0.25) is 4.79 Å². The van der Waals surface area contributed by atoms with Gasteiger partial charge in [-0.15, -0.1) is 0 Å². The van der Waals surface area contributed by atoms with Gasteiger partial charge in [0.1, 0.15) is 5.92 Å². The van der Waals surface area contributed by atoms with Crippen LogP contribution in [0, 0.1) is 6.92 Å². The summed E-state index contributed by atoms with van der Waals surface area (Å²) in [5.41, 5.74) is 0. The van der Waals surface area contributed by atoms with E-state index in [0.717, 1.165) is 0 Å². The molecule has 1 aromatic rings. The molecule has 0 saturated carbocycles. The van der Waals surface area contributed by atoms with E-state index < -0.39 is 5.92 Å². The molecule has 0 N–H and O–H groups in total. The summed E-state index contributed by atoms with van der Waals surface area (Å²) >= 11 is 0. The molecule has 0 spiro atoms. The molecular formula is C8H12N2O3. The topological polar surface area (TPSA) is 65.2 Å². The van der Waals surface area contributed by atoms with Gasteiger partial charge in [0, 0.05) is 6.92 Å². The first-order valence-electron chi connectivity index (χ1n) is 4.12. The molecule has 5 heteroatoms. The molecule has 0 fully saturated rings. The molecule has 1 aromatic heterocycles. The van der Waals surface area contributed by atoms with Gasteiger partial charge in [0.15, 0.2) is 5.82 Å². The van der Waals surface area contributed by atoms with E-state index in [2.05, 4.69) is 10.1 Å². The predicted molar refractivity (Wildman–Crippen MR) is 44.1 cm³/mol.